The van der Waals surface area contributed by atoms with E-state index in [1.54, 1.807) is 11.3 Å². The van der Waals surface area contributed by atoms with Crippen LogP contribution in [0.25, 0.3) is 32.7 Å². The van der Waals surface area contributed by atoms with E-state index in [9.17, 15) is 4.79 Å². The number of carbonyl (C=O) groups excluding carboxylic acids is 1. The second kappa shape index (κ2) is 7.58. The normalized spacial score (nSPS) is 10.9. The zero-order valence-corrected chi connectivity index (χ0v) is 16.8. The van der Waals surface area contributed by atoms with E-state index < -0.39 is 0 Å². The van der Waals surface area contributed by atoms with Gasteiger partial charge in [-0.1, -0.05) is 54.6 Å². The Morgan fingerprint density at radius 2 is 1.66 bits per heavy atom. The Bertz CT molecular complexity index is 1290. The van der Waals surface area contributed by atoms with Crippen LogP contribution in [0.4, 0.5) is 5.13 Å². The van der Waals surface area contributed by atoms with Crippen molar-refractivity contribution in [1.82, 2.24) is 9.97 Å². The summed E-state index contributed by atoms with van der Waals surface area (Å²) in [7, 11) is 0. The molecule has 0 saturated heterocycles. The van der Waals surface area contributed by atoms with Crippen LogP contribution in [-0.2, 0) is 0 Å². The fraction of sp³-hybridized carbons (Fsp3) is 0. The minimum Gasteiger partial charge on any atom is -0.298 e. The Morgan fingerprint density at radius 1 is 0.828 bits per heavy atom. The molecule has 5 rings (SSSR count). The maximum atomic E-state index is 13.1. The van der Waals surface area contributed by atoms with Crippen LogP contribution in [0.5, 0.6) is 0 Å². The maximum absolute atomic E-state index is 13.1. The second-order valence-corrected chi connectivity index (χ2v) is 8.21. The monoisotopic (exact) mass is 413 g/mol. The lowest BCUT2D eigenvalue weighted by Crippen LogP contribution is -2.13. The SMILES string of the molecule is O=C(Nc1nc(-c2ccccc2)cs1)c1cc(-c2cccs2)nc2ccccc12. The lowest BCUT2D eigenvalue weighted by atomic mass is 10.1. The fourth-order valence-corrected chi connectivity index (χ4v) is 4.55. The molecule has 140 valence electrons. The fourth-order valence-electron chi connectivity index (χ4n) is 3.15. The number of hydrogen-bond acceptors (Lipinski definition) is 5. The molecule has 0 atom stereocenters. The smallest absolute Gasteiger partial charge is 0.258 e. The van der Waals surface area contributed by atoms with Gasteiger partial charge in [0.2, 0.25) is 0 Å². The van der Waals surface area contributed by atoms with Crippen LogP contribution in [-0.4, -0.2) is 15.9 Å². The zero-order chi connectivity index (χ0) is 19.6. The van der Waals surface area contributed by atoms with E-state index in [1.165, 1.54) is 11.3 Å². The number of anilines is 1. The third-order valence-corrected chi connectivity index (χ3v) is 6.18. The molecule has 3 heterocycles. The van der Waals surface area contributed by atoms with Gasteiger partial charge in [0.15, 0.2) is 5.13 Å². The van der Waals surface area contributed by atoms with Gasteiger partial charge in [-0.15, -0.1) is 22.7 Å². The molecule has 0 spiro atoms. The topological polar surface area (TPSA) is 54.9 Å². The Labute approximate surface area is 175 Å². The van der Waals surface area contributed by atoms with Crippen LogP contribution in [0.3, 0.4) is 0 Å². The Morgan fingerprint density at radius 3 is 2.48 bits per heavy atom. The van der Waals surface area contributed by atoms with Gasteiger partial charge in [0.1, 0.15) is 0 Å². The molecule has 1 N–H and O–H groups in total. The van der Waals surface area contributed by atoms with Crippen molar-refractivity contribution in [3.05, 3.63) is 89.1 Å². The van der Waals surface area contributed by atoms with E-state index >= 15 is 0 Å². The van der Waals surface area contributed by atoms with Crippen molar-refractivity contribution in [2.45, 2.75) is 0 Å². The number of amides is 1. The number of nitrogens with zero attached hydrogens (tertiary/aromatic N) is 2. The van der Waals surface area contributed by atoms with Gasteiger partial charge in [0.05, 0.1) is 27.3 Å². The van der Waals surface area contributed by atoms with Crippen molar-refractivity contribution in [1.29, 1.82) is 0 Å². The van der Waals surface area contributed by atoms with Gasteiger partial charge in [-0.25, -0.2) is 9.97 Å². The van der Waals surface area contributed by atoms with Gasteiger partial charge in [0, 0.05) is 16.3 Å². The number of benzene rings is 2. The summed E-state index contributed by atoms with van der Waals surface area (Å²) < 4.78 is 0. The van der Waals surface area contributed by atoms with Crippen LogP contribution < -0.4 is 5.32 Å². The van der Waals surface area contributed by atoms with E-state index in [-0.39, 0.29) is 5.91 Å². The van der Waals surface area contributed by atoms with Crippen molar-refractivity contribution in [2.24, 2.45) is 0 Å². The number of aromatic nitrogens is 2. The summed E-state index contributed by atoms with van der Waals surface area (Å²) >= 11 is 3.02. The number of hydrogen-bond donors (Lipinski definition) is 1. The highest BCUT2D eigenvalue weighted by molar-refractivity contribution is 7.14. The first-order valence-electron chi connectivity index (χ1n) is 9.04. The number of nitrogens with one attached hydrogen (secondary N) is 1. The molecule has 29 heavy (non-hydrogen) atoms. The van der Waals surface area contributed by atoms with Gasteiger partial charge < -0.3 is 0 Å². The first kappa shape index (κ1) is 17.7. The predicted octanol–water partition coefficient (Wildman–Crippen LogP) is 6.34. The van der Waals surface area contributed by atoms with Crippen molar-refractivity contribution >= 4 is 44.6 Å². The van der Waals surface area contributed by atoms with Crippen molar-refractivity contribution in [3.63, 3.8) is 0 Å². The molecule has 0 aliphatic rings. The van der Waals surface area contributed by atoms with Gasteiger partial charge in [-0.3, -0.25) is 10.1 Å². The van der Waals surface area contributed by atoms with E-state index in [1.807, 2.05) is 83.6 Å². The summed E-state index contributed by atoms with van der Waals surface area (Å²) in [5.74, 6) is -0.185. The first-order chi connectivity index (χ1) is 14.3. The van der Waals surface area contributed by atoms with Gasteiger partial charge >= 0.3 is 0 Å². The molecule has 4 nitrogen and oxygen atoms in total. The average Bonchev–Trinajstić information content (AvgIpc) is 3.46. The van der Waals surface area contributed by atoms with Crippen molar-refractivity contribution in [3.8, 4) is 21.8 Å². The number of carbonyl (C=O) groups is 1. The Hall–Kier alpha value is -3.35. The third kappa shape index (κ3) is 3.55. The molecular formula is C23H15N3OS2. The lowest BCUT2D eigenvalue weighted by molar-refractivity contribution is 0.102. The molecule has 2 aromatic carbocycles. The number of fused-ring (bicyclic) bond motifs is 1. The average molecular weight is 414 g/mol. The molecule has 0 aliphatic carbocycles. The summed E-state index contributed by atoms with van der Waals surface area (Å²) in [6.45, 7) is 0. The molecule has 0 bridgehead atoms. The number of thiazole rings is 1. The summed E-state index contributed by atoms with van der Waals surface area (Å²) in [4.78, 5) is 23.5. The predicted molar refractivity (Wildman–Crippen MR) is 121 cm³/mol. The number of thiophene rings is 1. The van der Waals surface area contributed by atoms with Crippen LogP contribution in [0.15, 0.2) is 83.6 Å². The van der Waals surface area contributed by atoms with Crippen LogP contribution in [0.1, 0.15) is 10.4 Å². The molecule has 0 fully saturated rings. The second-order valence-electron chi connectivity index (χ2n) is 6.41. The summed E-state index contributed by atoms with van der Waals surface area (Å²) in [5, 5.41) is 8.32. The first-order valence-corrected chi connectivity index (χ1v) is 10.8. The standard InChI is InChI=1S/C23H15N3OS2/c27-22(26-23-25-20(14-29-23)15-7-2-1-3-8-15)17-13-19(21-11-6-12-28-21)24-18-10-5-4-9-16(17)18/h1-14H,(H,25,26,27). The molecule has 3 aromatic heterocycles. The van der Waals surface area contributed by atoms with Crippen LogP contribution in [0.2, 0.25) is 0 Å². The van der Waals surface area contributed by atoms with E-state index in [0.717, 1.165) is 32.7 Å². The third-order valence-electron chi connectivity index (χ3n) is 4.53. The highest BCUT2D eigenvalue weighted by Gasteiger charge is 2.16. The highest BCUT2D eigenvalue weighted by atomic mass is 32.1. The number of para-hydroxylation sites is 1. The molecule has 0 saturated carbocycles. The molecular weight excluding hydrogens is 398 g/mol. The molecule has 0 unspecified atom stereocenters. The molecule has 6 heteroatoms. The Balaban J connectivity index is 1.50. The number of rotatable bonds is 4. The largest absolute Gasteiger partial charge is 0.298 e. The number of pyridine rings is 1. The maximum Gasteiger partial charge on any atom is 0.258 e. The van der Waals surface area contributed by atoms with Crippen molar-refractivity contribution < 1.29 is 4.79 Å². The highest BCUT2D eigenvalue weighted by Crippen LogP contribution is 2.29. The van der Waals surface area contributed by atoms with E-state index in [2.05, 4.69) is 10.3 Å². The Kier molecular flexibility index (Phi) is 4.63. The summed E-state index contributed by atoms with van der Waals surface area (Å²) in [6.07, 6.45) is 0. The van der Waals surface area contributed by atoms with Gasteiger partial charge in [0.25, 0.3) is 5.91 Å². The minimum atomic E-state index is -0.185. The van der Waals surface area contributed by atoms with Crippen LogP contribution >= 0.6 is 22.7 Å². The van der Waals surface area contributed by atoms with Crippen molar-refractivity contribution in [2.75, 3.05) is 5.32 Å². The van der Waals surface area contributed by atoms with E-state index in [0.29, 0.717) is 10.7 Å². The van der Waals surface area contributed by atoms with Crippen LogP contribution in [0, 0.1) is 0 Å². The van der Waals surface area contributed by atoms with E-state index in [4.69, 9.17) is 4.98 Å². The summed E-state index contributed by atoms with van der Waals surface area (Å²) in [5.41, 5.74) is 4.07. The molecule has 1 amide bonds. The minimum absolute atomic E-state index is 0.185. The quantitative estimate of drug-likeness (QED) is 0.374. The summed E-state index contributed by atoms with van der Waals surface area (Å²) in [6, 6.07) is 23.5. The van der Waals surface area contributed by atoms with Gasteiger partial charge in [-0.2, -0.15) is 0 Å². The zero-order valence-electron chi connectivity index (χ0n) is 15.2. The lowest BCUT2D eigenvalue weighted by Gasteiger charge is -2.08. The molecule has 0 aliphatic heterocycles. The van der Waals surface area contributed by atoms with Gasteiger partial charge in [-0.05, 0) is 23.6 Å². The molecule has 5 aromatic rings. The molecule has 0 radical (unpaired) electrons.